The number of amides is 1. The van der Waals surface area contributed by atoms with Gasteiger partial charge in [-0.1, -0.05) is 12.1 Å². The summed E-state index contributed by atoms with van der Waals surface area (Å²) in [5.41, 5.74) is 2.27. The molecule has 3 rings (SSSR count). The van der Waals surface area contributed by atoms with Crippen molar-refractivity contribution >= 4 is 33.3 Å². The van der Waals surface area contributed by atoms with E-state index in [0.717, 1.165) is 6.42 Å². The maximum Gasteiger partial charge on any atom is 0.338 e. The van der Waals surface area contributed by atoms with Crippen molar-refractivity contribution in [3.05, 3.63) is 59.2 Å². The van der Waals surface area contributed by atoms with Crippen LogP contribution in [0.2, 0.25) is 0 Å². The second-order valence-corrected chi connectivity index (χ2v) is 8.58. The number of nitrogens with one attached hydrogen (secondary N) is 1. The molecule has 0 spiro atoms. The number of carbonyl (C=O) groups is 2. The van der Waals surface area contributed by atoms with Crippen LogP contribution in [0.15, 0.2) is 42.5 Å². The predicted molar refractivity (Wildman–Crippen MR) is 107 cm³/mol. The van der Waals surface area contributed by atoms with Crippen LogP contribution in [0.1, 0.15) is 39.1 Å². The second kappa shape index (κ2) is 8.02. The Morgan fingerprint density at radius 1 is 1.11 bits per heavy atom. The minimum Gasteiger partial charge on any atom is -0.465 e. The van der Waals surface area contributed by atoms with Gasteiger partial charge in [0, 0.05) is 17.8 Å². The molecule has 0 unspecified atom stereocenters. The summed E-state index contributed by atoms with van der Waals surface area (Å²) in [5, 5.41) is 2.78. The van der Waals surface area contributed by atoms with E-state index in [2.05, 4.69) is 5.32 Å². The summed E-state index contributed by atoms with van der Waals surface area (Å²) in [4.78, 5) is 24.5. The highest BCUT2D eigenvalue weighted by Gasteiger charge is 2.26. The van der Waals surface area contributed by atoms with E-state index in [9.17, 15) is 18.0 Å². The molecule has 28 heavy (non-hydrogen) atoms. The van der Waals surface area contributed by atoms with Crippen LogP contribution in [-0.4, -0.2) is 39.7 Å². The van der Waals surface area contributed by atoms with Crippen molar-refractivity contribution in [2.75, 3.05) is 29.0 Å². The first-order chi connectivity index (χ1) is 13.3. The van der Waals surface area contributed by atoms with Gasteiger partial charge in [0.15, 0.2) is 0 Å². The summed E-state index contributed by atoms with van der Waals surface area (Å²) < 4.78 is 30.7. The predicted octanol–water partition coefficient (Wildman–Crippen LogP) is 2.96. The molecule has 1 saturated heterocycles. The van der Waals surface area contributed by atoms with Gasteiger partial charge in [0.05, 0.1) is 24.1 Å². The summed E-state index contributed by atoms with van der Waals surface area (Å²) in [7, 11) is -2.05. The average molecular weight is 402 g/mol. The van der Waals surface area contributed by atoms with E-state index in [1.807, 2.05) is 0 Å². The molecule has 1 aliphatic heterocycles. The molecule has 0 atom stereocenters. The molecule has 1 heterocycles. The standard InChI is InChI=1S/C20H22N2O5S/c1-14-17(20(24)27-2)9-6-10-18(14)21-19(23)15-7-5-8-16(13-15)22-11-3-4-12-28(22,25)26/h5-10,13H,3-4,11-12H2,1-2H3,(H,21,23). The Hall–Kier alpha value is -2.87. The Morgan fingerprint density at radius 3 is 2.57 bits per heavy atom. The van der Waals surface area contributed by atoms with Crippen LogP contribution in [0.25, 0.3) is 0 Å². The van der Waals surface area contributed by atoms with Crippen molar-refractivity contribution in [2.45, 2.75) is 19.8 Å². The van der Waals surface area contributed by atoms with Crippen LogP contribution in [0.5, 0.6) is 0 Å². The van der Waals surface area contributed by atoms with Gasteiger partial charge in [-0.25, -0.2) is 13.2 Å². The minimum absolute atomic E-state index is 0.114. The van der Waals surface area contributed by atoms with Gasteiger partial charge < -0.3 is 10.1 Å². The highest BCUT2D eigenvalue weighted by atomic mass is 32.2. The zero-order chi connectivity index (χ0) is 20.3. The third-order valence-corrected chi connectivity index (χ3v) is 6.60. The number of hydrogen-bond acceptors (Lipinski definition) is 5. The van der Waals surface area contributed by atoms with Crippen LogP contribution < -0.4 is 9.62 Å². The number of anilines is 2. The molecule has 1 amide bonds. The Morgan fingerprint density at radius 2 is 1.86 bits per heavy atom. The van der Waals surface area contributed by atoms with E-state index < -0.39 is 16.0 Å². The maximum atomic E-state index is 12.7. The Balaban J connectivity index is 1.86. The van der Waals surface area contributed by atoms with E-state index in [1.165, 1.54) is 11.4 Å². The van der Waals surface area contributed by atoms with Crippen molar-refractivity contribution in [3.8, 4) is 0 Å². The number of carbonyl (C=O) groups excluding carboxylic acids is 2. The summed E-state index contributed by atoms with van der Waals surface area (Å²) in [6.45, 7) is 2.13. The summed E-state index contributed by atoms with van der Waals surface area (Å²) >= 11 is 0. The first kappa shape index (κ1) is 19.9. The number of methoxy groups -OCH3 is 1. The molecular formula is C20H22N2O5S. The van der Waals surface area contributed by atoms with E-state index >= 15 is 0 Å². The molecule has 2 aromatic carbocycles. The molecule has 0 saturated carbocycles. The molecule has 0 aromatic heterocycles. The fourth-order valence-corrected chi connectivity index (χ4v) is 4.81. The number of ether oxygens (including phenoxy) is 1. The first-order valence-electron chi connectivity index (χ1n) is 8.93. The van der Waals surface area contributed by atoms with Crippen molar-refractivity contribution in [1.29, 1.82) is 0 Å². The van der Waals surface area contributed by atoms with Crippen LogP contribution in [0.4, 0.5) is 11.4 Å². The SMILES string of the molecule is COC(=O)c1cccc(NC(=O)c2cccc(N3CCCCS3(=O)=O)c2)c1C. The number of esters is 1. The topological polar surface area (TPSA) is 92.8 Å². The molecule has 0 radical (unpaired) electrons. The Kier molecular flexibility index (Phi) is 5.69. The summed E-state index contributed by atoms with van der Waals surface area (Å²) in [6, 6.07) is 11.5. The summed E-state index contributed by atoms with van der Waals surface area (Å²) in [5.74, 6) is -0.754. The van der Waals surface area contributed by atoms with Crippen LogP contribution >= 0.6 is 0 Å². The van der Waals surface area contributed by atoms with E-state index in [1.54, 1.807) is 49.4 Å². The molecule has 0 aliphatic carbocycles. The van der Waals surface area contributed by atoms with Crippen LogP contribution in [0, 0.1) is 6.92 Å². The second-order valence-electron chi connectivity index (χ2n) is 6.57. The van der Waals surface area contributed by atoms with Gasteiger partial charge >= 0.3 is 5.97 Å². The smallest absolute Gasteiger partial charge is 0.338 e. The summed E-state index contributed by atoms with van der Waals surface area (Å²) in [6.07, 6.45) is 1.43. The molecule has 1 N–H and O–H groups in total. The molecular weight excluding hydrogens is 380 g/mol. The number of benzene rings is 2. The zero-order valence-electron chi connectivity index (χ0n) is 15.8. The average Bonchev–Trinajstić information content (AvgIpc) is 2.68. The molecule has 1 fully saturated rings. The Bertz CT molecular complexity index is 1020. The lowest BCUT2D eigenvalue weighted by Crippen LogP contribution is -2.37. The van der Waals surface area contributed by atoms with E-state index in [4.69, 9.17) is 4.74 Å². The fraction of sp³-hybridized carbons (Fsp3) is 0.300. The zero-order valence-corrected chi connectivity index (χ0v) is 16.6. The number of hydrogen-bond donors (Lipinski definition) is 1. The quantitative estimate of drug-likeness (QED) is 0.794. The highest BCUT2D eigenvalue weighted by molar-refractivity contribution is 7.92. The maximum absolute atomic E-state index is 12.7. The van der Waals surface area contributed by atoms with Crippen molar-refractivity contribution in [3.63, 3.8) is 0 Å². The highest BCUT2D eigenvalue weighted by Crippen LogP contribution is 2.25. The molecule has 1 aliphatic rings. The molecule has 0 bridgehead atoms. The van der Waals surface area contributed by atoms with Gasteiger partial charge in [0.25, 0.3) is 5.91 Å². The lowest BCUT2D eigenvalue weighted by molar-refractivity contribution is 0.0599. The van der Waals surface area contributed by atoms with Gasteiger partial charge in [-0.15, -0.1) is 0 Å². The Labute approximate surface area is 164 Å². The normalized spacial score (nSPS) is 15.7. The molecule has 2 aromatic rings. The van der Waals surface area contributed by atoms with Crippen LogP contribution in [0.3, 0.4) is 0 Å². The minimum atomic E-state index is -3.35. The third kappa shape index (κ3) is 4.01. The number of rotatable bonds is 4. The van der Waals surface area contributed by atoms with Gasteiger partial charge in [-0.2, -0.15) is 0 Å². The van der Waals surface area contributed by atoms with Crippen molar-refractivity contribution in [1.82, 2.24) is 0 Å². The molecule has 7 nitrogen and oxygen atoms in total. The largest absolute Gasteiger partial charge is 0.465 e. The van der Waals surface area contributed by atoms with Crippen molar-refractivity contribution < 1.29 is 22.7 Å². The van der Waals surface area contributed by atoms with Gasteiger partial charge in [-0.3, -0.25) is 9.10 Å². The lowest BCUT2D eigenvalue weighted by Gasteiger charge is -2.28. The van der Waals surface area contributed by atoms with Crippen LogP contribution in [-0.2, 0) is 14.8 Å². The van der Waals surface area contributed by atoms with Gasteiger partial charge in [0.1, 0.15) is 0 Å². The fourth-order valence-electron chi connectivity index (χ4n) is 3.18. The van der Waals surface area contributed by atoms with Gasteiger partial charge in [-0.05, 0) is 55.7 Å². The monoisotopic (exact) mass is 402 g/mol. The third-order valence-electron chi connectivity index (χ3n) is 4.73. The lowest BCUT2D eigenvalue weighted by atomic mass is 10.1. The molecule has 148 valence electrons. The first-order valence-corrected chi connectivity index (χ1v) is 10.5. The number of nitrogens with zero attached hydrogens (tertiary/aromatic N) is 1. The van der Waals surface area contributed by atoms with E-state index in [-0.39, 0.29) is 11.7 Å². The number of sulfonamides is 1. The van der Waals surface area contributed by atoms with E-state index in [0.29, 0.717) is 41.0 Å². The van der Waals surface area contributed by atoms with Crippen molar-refractivity contribution in [2.24, 2.45) is 0 Å². The molecule has 8 heteroatoms. The van der Waals surface area contributed by atoms with Gasteiger partial charge in [0.2, 0.25) is 10.0 Å².